The Bertz CT molecular complexity index is 1770. The Morgan fingerprint density at radius 1 is 0.936 bits per heavy atom. The third-order valence-corrected chi connectivity index (χ3v) is 8.53. The van der Waals surface area contributed by atoms with Crippen LogP contribution in [0.1, 0.15) is 47.3 Å². The molecular weight excluding hydrogens is 750 g/mol. The molecule has 12 heteroatoms. The lowest BCUT2D eigenvalue weighted by Crippen LogP contribution is -2.36. The minimum absolute atomic E-state index is 0. The van der Waals surface area contributed by atoms with Gasteiger partial charge < -0.3 is 20.4 Å². The van der Waals surface area contributed by atoms with Crippen LogP contribution in [0.3, 0.4) is 0 Å². The number of ether oxygens (including phenoxy) is 2. The van der Waals surface area contributed by atoms with Gasteiger partial charge in [0.2, 0.25) is 11.7 Å². The summed E-state index contributed by atoms with van der Waals surface area (Å²) in [5.74, 6) is 1.96. The number of aliphatic imine (C=N–C) groups is 1. The SMILES string of the molecule is CN1OC2(CC(c3ccccc3)Oc3ccc(Br)cc32)N=C1N.CNO.Cl.N#C/C=C1\CC(c2ccccc2)Oc2ccc(Br)cc21. The molecule has 1 spiro atoms. The van der Waals surface area contributed by atoms with Crippen molar-refractivity contribution in [2.45, 2.75) is 30.8 Å². The van der Waals surface area contributed by atoms with Gasteiger partial charge >= 0.3 is 0 Å². The van der Waals surface area contributed by atoms with Crippen molar-refractivity contribution in [2.75, 3.05) is 14.1 Å². The molecule has 3 atom stereocenters. The second-order valence-electron chi connectivity index (χ2n) is 10.6. The molecule has 0 aliphatic carbocycles. The van der Waals surface area contributed by atoms with Crippen LogP contribution in [0.25, 0.3) is 5.57 Å². The predicted octanol–water partition coefficient (Wildman–Crippen LogP) is 8.21. The molecule has 244 valence electrons. The average Bonchev–Trinajstić information content (AvgIpc) is 3.35. The number of benzene rings is 4. The smallest absolute Gasteiger partial charge is 0.222 e. The van der Waals surface area contributed by atoms with E-state index < -0.39 is 5.72 Å². The van der Waals surface area contributed by atoms with Crippen molar-refractivity contribution in [1.82, 2.24) is 10.5 Å². The second kappa shape index (κ2) is 16.3. The lowest BCUT2D eigenvalue weighted by Gasteiger charge is -2.37. The number of rotatable bonds is 2. The molecule has 0 saturated carbocycles. The van der Waals surface area contributed by atoms with Gasteiger partial charge in [0.05, 0.1) is 11.6 Å². The van der Waals surface area contributed by atoms with Crippen LogP contribution < -0.4 is 20.7 Å². The van der Waals surface area contributed by atoms with Crippen molar-refractivity contribution < 1.29 is 19.5 Å². The highest BCUT2D eigenvalue weighted by Gasteiger charge is 2.49. The fraction of sp³-hybridized carbons (Fsp3) is 0.200. The first-order valence-corrected chi connectivity index (χ1v) is 16.1. The van der Waals surface area contributed by atoms with Crippen molar-refractivity contribution in [1.29, 1.82) is 5.26 Å². The van der Waals surface area contributed by atoms with Gasteiger partial charge in [-0.1, -0.05) is 92.5 Å². The van der Waals surface area contributed by atoms with E-state index in [-0.39, 0.29) is 24.6 Å². The topological polar surface area (TPSA) is 125 Å². The van der Waals surface area contributed by atoms with E-state index in [4.69, 9.17) is 30.5 Å². The van der Waals surface area contributed by atoms with E-state index in [9.17, 15) is 0 Å². The molecule has 47 heavy (non-hydrogen) atoms. The van der Waals surface area contributed by atoms with E-state index in [1.54, 1.807) is 18.6 Å². The Kier molecular flexibility index (Phi) is 12.5. The van der Waals surface area contributed by atoms with Crippen molar-refractivity contribution >= 4 is 55.8 Å². The van der Waals surface area contributed by atoms with Gasteiger partial charge in [0.15, 0.2) is 0 Å². The van der Waals surface area contributed by atoms with Gasteiger partial charge in [-0.05, 0) is 53.1 Å². The molecule has 0 bridgehead atoms. The van der Waals surface area contributed by atoms with E-state index in [1.165, 1.54) is 12.1 Å². The number of nitrogens with two attached hydrogens (primary N) is 1. The van der Waals surface area contributed by atoms with Crippen LogP contribution in [0, 0.1) is 11.3 Å². The molecule has 0 fully saturated rings. The maximum absolute atomic E-state index is 8.99. The third-order valence-electron chi connectivity index (χ3n) is 7.54. The summed E-state index contributed by atoms with van der Waals surface area (Å²) in [5, 5.41) is 17.8. The zero-order valence-corrected chi connectivity index (χ0v) is 29.6. The molecule has 7 rings (SSSR count). The number of nitrogens with zero attached hydrogens (tertiary/aromatic N) is 3. The number of nitriles is 1. The van der Waals surface area contributed by atoms with Gasteiger partial charge in [-0.3, -0.25) is 0 Å². The molecule has 0 radical (unpaired) electrons. The minimum atomic E-state index is -0.850. The van der Waals surface area contributed by atoms with Gasteiger partial charge in [-0.15, -0.1) is 12.4 Å². The van der Waals surface area contributed by atoms with E-state index in [2.05, 4.69) is 55.1 Å². The summed E-state index contributed by atoms with van der Waals surface area (Å²) in [4.78, 5) is 10.7. The Labute approximate surface area is 297 Å². The monoisotopic (exact) mass is 781 g/mol. The summed E-state index contributed by atoms with van der Waals surface area (Å²) in [6.07, 6.45) is 2.70. The van der Waals surface area contributed by atoms with E-state index in [0.29, 0.717) is 18.8 Å². The third kappa shape index (κ3) is 8.34. The van der Waals surface area contributed by atoms with Crippen molar-refractivity contribution in [3.8, 4) is 17.6 Å². The second-order valence-corrected chi connectivity index (χ2v) is 12.4. The lowest BCUT2D eigenvalue weighted by atomic mass is 9.90. The molecule has 9 nitrogen and oxygen atoms in total. The lowest BCUT2D eigenvalue weighted by molar-refractivity contribution is -0.191. The first-order chi connectivity index (χ1) is 22.3. The number of fused-ring (bicyclic) bond motifs is 3. The molecule has 0 aromatic heterocycles. The molecule has 4 aromatic carbocycles. The van der Waals surface area contributed by atoms with Crippen LogP contribution in [-0.4, -0.2) is 30.3 Å². The summed E-state index contributed by atoms with van der Waals surface area (Å²) in [7, 11) is 3.19. The number of allylic oxidation sites excluding steroid dienone is 1. The van der Waals surface area contributed by atoms with Crippen LogP contribution in [0.5, 0.6) is 11.5 Å². The molecule has 0 amide bonds. The maximum Gasteiger partial charge on any atom is 0.222 e. The Balaban J connectivity index is 0.000000194. The molecule has 4 N–H and O–H groups in total. The summed E-state index contributed by atoms with van der Waals surface area (Å²) >= 11 is 6.97. The highest BCUT2D eigenvalue weighted by molar-refractivity contribution is 9.10. The van der Waals surface area contributed by atoms with Crippen LogP contribution >= 0.6 is 44.3 Å². The Morgan fingerprint density at radius 2 is 1.49 bits per heavy atom. The fourth-order valence-corrected chi connectivity index (χ4v) is 6.21. The number of hydroxylamine groups is 3. The zero-order valence-electron chi connectivity index (χ0n) is 25.6. The number of hydrogen-bond donors (Lipinski definition) is 3. The Hall–Kier alpha value is -3.89. The quantitative estimate of drug-likeness (QED) is 0.137. The summed E-state index contributed by atoms with van der Waals surface area (Å²) < 4.78 is 14.2. The van der Waals surface area contributed by atoms with Gasteiger partial charge in [0.25, 0.3) is 0 Å². The number of halogens is 3. The van der Waals surface area contributed by atoms with Crippen molar-refractivity contribution in [3.05, 3.63) is 134 Å². The number of nitrogens with one attached hydrogen (secondary N) is 1. The molecular formula is C35H34Br2ClN5O4. The van der Waals surface area contributed by atoms with Crippen LogP contribution in [0.4, 0.5) is 0 Å². The predicted molar refractivity (Wildman–Crippen MR) is 191 cm³/mol. The summed E-state index contributed by atoms with van der Waals surface area (Å²) in [6, 6.07) is 34.1. The largest absolute Gasteiger partial charge is 0.485 e. The molecule has 3 aliphatic heterocycles. The molecule has 3 unspecified atom stereocenters. The average molecular weight is 784 g/mol. The van der Waals surface area contributed by atoms with Gasteiger partial charge in [0, 0.05) is 47.5 Å². The van der Waals surface area contributed by atoms with Crippen molar-refractivity contribution in [3.63, 3.8) is 0 Å². The summed E-state index contributed by atoms with van der Waals surface area (Å²) in [6.45, 7) is 0. The molecule has 0 saturated heterocycles. The van der Waals surface area contributed by atoms with Crippen molar-refractivity contribution in [2.24, 2.45) is 10.7 Å². The highest BCUT2D eigenvalue weighted by Crippen LogP contribution is 2.50. The number of guanidine groups is 1. The standard InChI is InChI=1S/C17H16BrN3O2.C17H12BrNO.CH5NO.ClH/c1-21-16(19)20-17(23-21)10-15(11-5-3-2-4-6-11)22-14-8-7-12(18)9-13(14)17;18-14-6-7-16-15(11-14)13(8-9-19)10-17(20-16)12-4-2-1-3-5-12;1-2-3;/h2-9,15H,10H2,1H3,(H2,19,20);1-8,11,17H,10H2;2-3H,1H3;1H/b;13-8+;;. The van der Waals surface area contributed by atoms with Crippen LogP contribution in [0.2, 0.25) is 0 Å². The van der Waals surface area contributed by atoms with E-state index >= 15 is 0 Å². The van der Waals surface area contributed by atoms with E-state index in [0.717, 1.165) is 48.3 Å². The molecule has 3 heterocycles. The van der Waals surface area contributed by atoms with Crippen LogP contribution in [0.15, 0.2) is 117 Å². The molecule has 4 aromatic rings. The normalized spacial score (nSPS) is 21.1. The van der Waals surface area contributed by atoms with Gasteiger partial charge in [-0.25, -0.2) is 20.4 Å². The number of hydrogen-bond acceptors (Lipinski definition) is 9. The Morgan fingerprint density at radius 3 is 2.06 bits per heavy atom. The van der Waals surface area contributed by atoms with Gasteiger partial charge in [-0.2, -0.15) is 5.26 Å². The van der Waals surface area contributed by atoms with Gasteiger partial charge in [0.1, 0.15) is 23.7 Å². The minimum Gasteiger partial charge on any atom is -0.485 e. The molecule has 3 aliphatic rings. The summed E-state index contributed by atoms with van der Waals surface area (Å²) in [5.41, 5.74) is 12.0. The fourth-order valence-electron chi connectivity index (χ4n) is 5.49. The maximum atomic E-state index is 8.99. The van der Waals surface area contributed by atoms with Crippen LogP contribution in [-0.2, 0) is 10.6 Å². The highest BCUT2D eigenvalue weighted by atomic mass is 79.9. The first kappa shape index (κ1) is 36.0. The zero-order chi connectivity index (χ0) is 32.7. The van der Waals surface area contributed by atoms with E-state index in [1.807, 2.05) is 84.9 Å². The first-order valence-electron chi connectivity index (χ1n) is 14.5.